The Labute approximate surface area is 160 Å². The molecule has 0 radical (unpaired) electrons. The average Bonchev–Trinajstić information content (AvgIpc) is 2.66. The average molecular weight is 360 g/mol. The first-order chi connectivity index (χ1) is 13.0. The summed E-state index contributed by atoms with van der Waals surface area (Å²) in [5.74, 6) is 0.501. The van der Waals surface area contributed by atoms with Gasteiger partial charge < -0.3 is 10.2 Å². The van der Waals surface area contributed by atoms with Gasteiger partial charge in [0.2, 0.25) is 0 Å². The molecule has 0 fully saturated rings. The van der Waals surface area contributed by atoms with E-state index in [1.165, 1.54) is 17.5 Å². The van der Waals surface area contributed by atoms with Crippen LogP contribution in [0.25, 0.3) is 0 Å². The van der Waals surface area contributed by atoms with Gasteiger partial charge in [-0.05, 0) is 49.6 Å². The SMILES string of the molecule is CCN(Cc1ccccc1)C(=O)c1cc(Nc2cc(C)cc(C)c2)ncn1. The van der Waals surface area contributed by atoms with Gasteiger partial charge in [-0.3, -0.25) is 4.79 Å². The van der Waals surface area contributed by atoms with Gasteiger partial charge in [0.1, 0.15) is 17.8 Å². The smallest absolute Gasteiger partial charge is 0.272 e. The number of anilines is 2. The van der Waals surface area contributed by atoms with E-state index in [1.807, 2.05) is 49.4 Å². The predicted octanol–water partition coefficient (Wildman–Crippen LogP) is 4.50. The Balaban J connectivity index is 1.78. The fraction of sp³-hybridized carbons (Fsp3) is 0.227. The normalized spacial score (nSPS) is 10.5. The van der Waals surface area contributed by atoms with E-state index in [2.05, 4.69) is 35.2 Å². The molecule has 2 aromatic carbocycles. The van der Waals surface area contributed by atoms with Gasteiger partial charge in [0.05, 0.1) is 0 Å². The number of amides is 1. The zero-order valence-corrected chi connectivity index (χ0v) is 15.9. The highest BCUT2D eigenvalue weighted by Gasteiger charge is 2.16. The van der Waals surface area contributed by atoms with Crippen molar-refractivity contribution in [3.05, 3.63) is 83.3 Å². The Morgan fingerprint density at radius 3 is 2.37 bits per heavy atom. The second kappa shape index (κ2) is 8.45. The number of nitrogens with zero attached hydrogens (tertiary/aromatic N) is 3. The highest BCUT2D eigenvalue weighted by molar-refractivity contribution is 5.93. The number of aryl methyl sites for hydroxylation is 2. The first-order valence-electron chi connectivity index (χ1n) is 9.05. The van der Waals surface area contributed by atoms with Gasteiger partial charge in [-0.1, -0.05) is 36.4 Å². The summed E-state index contributed by atoms with van der Waals surface area (Å²) in [5.41, 5.74) is 4.76. The molecule has 0 unspecified atom stereocenters. The zero-order chi connectivity index (χ0) is 19.2. The molecule has 0 aliphatic rings. The van der Waals surface area contributed by atoms with Gasteiger partial charge >= 0.3 is 0 Å². The van der Waals surface area contributed by atoms with Crippen LogP contribution in [-0.2, 0) is 6.54 Å². The van der Waals surface area contributed by atoms with Crippen LogP contribution in [0.2, 0.25) is 0 Å². The molecule has 0 saturated heterocycles. The summed E-state index contributed by atoms with van der Waals surface area (Å²) in [4.78, 5) is 23.1. The lowest BCUT2D eigenvalue weighted by molar-refractivity contribution is 0.0746. The highest BCUT2D eigenvalue weighted by Crippen LogP contribution is 2.19. The third-order valence-electron chi connectivity index (χ3n) is 4.27. The standard InChI is InChI=1S/C22H24N4O/c1-4-26(14-18-8-6-5-7-9-18)22(27)20-13-21(24-15-23-20)25-19-11-16(2)10-17(3)12-19/h5-13,15H,4,14H2,1-3H3,(H,23,24,25). The van der Waals surface area contributed by atoms with Gasteiger partial charge in [-0.25, -0.2) is 9.97 Å². The summed E-state index contributed by atoms with van der Waals surface area (Å²) in [6.07, 6.45) is 1.43. The van der Waals surface area contributed by atoms with Crippen molar-refractivity contribution in [3.8, 4) is 0 Å². The Morgan fingerprint density at radius 2 is 1.70 bits per heavy atom. The van der Waals surface area contributed by atoms with E-state index < -0.39 is 0 Å². The molecule has 3 aromatic rings. The summed E-state index contributed by atoms with van der Waals surface area (Å²) in [5, 5.41) is 3.27. The third-order valence-corrected chi connectivity index (χ3v) is 4.27. The van der Waals surface area contributed by atoms with Crippen LogP contribution in [0.15, 0.2) is 60.9 Å². The summed E-state index contributed by atoms with van der Waals surface area (Å²) in [6, 6.07) is 17.9. The minimum absolute atomic E-state index is 0.104. The molecule has 1 aromatic heterocycles. The van der Waals surface area contributed by atoms with E-state index in [0.717, 1.165) is 11.3 Å². The lowest BCUT2D eigenvalue weighted by atomic mass is 10.1. The van der Waals surface area contributed by atoms with Crippen LogP contribution in [0.5, 0.6) is 0 Å². The molecular weight excluding hydrogens is 336 g/mol. The number of carbonyl (C=O) groups is 1. The molecular formula is C22H24N4O. The maximum Gasteiger partial charge on any atom is 0.272 e. The molecule has 0 spiro atoms. The van der Waals surface area contributed by atoms with Crippen molar-refractivity contribution in [2.24, 2.45) is 0 Å². The fourth-order valence-electron chi connectivity index (χ4n) is 3.03. The number of hydrogen-bond donors (Lipinski definition) is 1. The van der Waals surface area contributed by atoms with Crippen LogP contribution < -0.4 is 5.32 Å². The quantitative estimate of drug-likeness (QED) is 0.703. The molecule has 0 atom stereocenters. The first-order valence-corrected chi connectivity index (χ1v) is 9.05. The summed E-state index contributed by atoms with van der Waals surface area (Å²) >= 11 is 0. The van der Waals surface area contributed by atoms with Crippen LogP contribution in [0.3, 0.4) is 0 Å². The molecule has 5 nitrogen and oxygen atoms in total. The van der Waals surface area contributed by atoms with E-state index in [1.54, 1.807) is 11.0 Å². The number of rotatable bonds is 6. The first kappa shape index (κ1) is 18.6. The minimum atomic E-state index is -0.104. The highest BCUT2D eigenvalue weighted by atomic mass is 16.2. The minimum Gasteiger partial charge on any atom is -0.340 e. The van der Waals surface area contributed by atoms with Gasteiger partial charge in [0.25, 0.3) is 5.91 Å². The maximum absolute atomic E-state index is 12.9. The second-order valence-electron chi connectivity index (χ2n) is 6.59. The Kier molecular flexibility index (Phi) is 5.81. The lowest BCUT2D eigenvalue weighted by Gasteiger charge is -2.20. The molecule has 138 valence electrons. The molecule has 27 heavy (non-hydrogen) atoms. The molecule has 0 aliphatic heterocycles. The zero-order valence-electron chi connectivity index (χ0n) is 15.9. The topological polar surface area (TPSA) is 58.1 Å². The number of aromatic nitrogens is 2. The van der Waals surface area contributed by atoms with E-state index in [4.69, 9.17) is 0 Å². The monoisotopic (exact) mass is 360 g/mol. The van der Waals surface area contributed by atoms with Crippen molar-refractivity contribution in [3.63, 3.8) is 0 Å². The van der Waals surface area contributed by atoms with Crippen LogP contribution >= 0.6 is 0 Å². The summed E-state index contributed by atoms with van der Waals surface area (Å²) in [7, 11) is 0. The van der Waals surface area contributed by atoms with E-state index in [9.17, 15) is 4.79 Å². The molecule has 1 N–H and O–H groups in total. The number of benzene rings is 2. The second-order valence-corrected chi connectivity index (χ2v) is 6.59. The van der Waals surface area contributed by atoms with E-state index in [0.29, 0.717) is 24.6 Å². The summed E-state index contributed by atoms with van der Waals surface area (Å²) in [6.45, 7) is 7.24. The van der Waals surface area contributed by atoms with E-state index in [-0.39, 0.29) is 5.91 Å². The lowest BCUT2D eigenvalue weighted by Crippen LogP contribution is -2.31. The molecule has 3 rings (SSSR count). The van der Waals surface area contributed by atoms with Crippen molar-refractivity contribution in [1.82, 2.24) is 14.9 Å². The fourth-order valence-corrected chi connectivity index (χ4v) is 3.03. The van der Waals surface area contributed by atoms with Crippen LogP contribution in [0, 0.1) is 13.8 Å². The molecule has 0 aliphatic carbocycles. The molecule has 5 heteroatoms. The van der Waals surface area contributed by atoms with Crippen molar-refractivity contribution < 1.29 is 4.79 Å². The van der Waals surface area contributed by atoms with Crippen molar-refractivity contribution in [2.45, 2.75) is 27.3 Å². The number of nitrogens with one attached hydrogen (secondary N) is 1. The molecule has 0 saturated carbocycles. The molecule has 0 bridgehead atoms. The van der Waals surface area contributed by atoms with Gasteiger partial charge in [0.15, 0.2) is 0 Å². The van der Waals surface area contributed by atoms with Crippen LogP contribution in [0.4, 0.5) is 11.5 Å². The van der Waals surface area contributed by atoms with E-state index >= 15 is 0 Å². The molecule has 1 heterocycles. The predicted molar refractivity (Wildman–Crippen MR) is 108 cm³/mol. The van der Waals surface area contributed by atoms with Crippen LogP contribution in [0.1, 0.15) is 34.1 Å². The van der Waals surface area contributed by atoms with Crippen LogP contribution in [-0.4, -0.2) is 27.3 Å². The third kappa shape index (κ3) is 4.91. The van der Waals surface area contributed by atoms with Gasteiger partial charge in [-0.15, -0.1) is 0 Å². The number of carbonyl (C=O) groups excluding carboxylic acids is 1. The van der Waals surface area contributed by atoms with Gasteiger partial charge in [-0.2, -0.15) is 0 Å². The molecule has 1 amide bonds. The Hall–Kier alpha value is -3.21. The maximum atomic E-state index is 12.9. The Morgan fingerprint density at radius 1 is 1.00 bits per heavy atom. The Bertz CT molecular complexity index is 904. The largest absolute Gasteiger partial charge is 0.340 e. The number of hydrogen-bond acceptors (Lipinski definition) is 4. The van der Waals surface area contributed by atoms with Gasteiger partial charge in [0, 0.05) is 24.8 Å². The van der Waals surface area contributed by atoms with Crippen molar-refractivity contribution >= 4 is 17.4 Å². The summed E-state index contributed by atoms with van der Waals surface area (Å²) < 4.78 is 0. The van der Waals surface area contributed by atoms with Crippen molar-refractivity contribution in [1.29, 1.82) is 0 Å². The van der Waals surface area contributed by atoms with Crippen molar-refractivity contribution in [2.75, 3.05) is 11.9 Å².